The number of piperidine rings is 1. The third kappa shape index (κ3) is 2.77. The standard InChI is InChI=1S/C19H18FN3/c20-16-8-4-6-14(12-16)19-18-15(7-5-9-21-18)13-17(22-19)23-10-2-1-3-11-23/h4-9,12-13H,1-3,10-11H2. The van der Waals surface area contributed by atoms with Gasteiger partial charge in [-0.3, -0.25) is 4.98 Å². The number of benzene rings is 1. The van der Waals surface area contributed by atoms with Crippen LogP contribution in [0.5, 0.6) is 0 Å². The number of anilines is 1. The van der Waals surface area contributed by atoms with Crippen LogP contribution in [0.4, 0.5) is 10.2 Å². The number of hydrogen-bond acceptors (Lipinski definition) is 3. The fraction of sp³-hybridized carbons (Fsp3) is 0.263. The van der Waals surface area contributed by atoms with E-state index in [2.05, 4.69) is 16.0 Å². The molecule has 4 heteroatoms. The molecule has 2 aromatic heterocycles. The van der Waals surface area contributed by atoms with E-state index in [0.717, 1.165) is 41.1 Å². The predicted octanol–water partition coefficient (Wildman–Crippen LogP) is 4.43. The van der Waals surface area contributed by atoms with Crippen molar-refractivity contribution >= 4 is 16.7 Å². The third-order valence-electron chi connectivity index (χ3n) is 4.35. The van der Waals surface area contributed by atoms with Crippen LogP contribution in [0.3, 0.4) is 0 Å². The summed E-state index contributed by atoms with van der Waals surface area (Å²) in [6, 6.07) is 12.6. The van der Waals surface area contributed by atoms with Crippen molar-refractivity contribution in [1.29, 1.82) is 0 Å². The first kappa shape index (κ1) is 14.1. The minimum absolute atomic E-state index is 0.253. The van der Waals surface area contributed by atoms with Crippen LogP contribution >= 0.6 is 0 Å². The van der Waals surface area contributed by atoms with E-state index in [1.807, 2.05) is 18.2 Å². The maximum Gasteiger partial charge on any atom is 0.129 e. The summed E-state index contributed by atoms with van der Waals surface area (Å²) in [7, 11) is 0. The van der Waals surface area contributed by atoms with E-state index in [9.17, 15) is 4.39 Å². The fourth-order valence-electron chi connectivity index (χ4n) is 3.19. The summed E-state index contributed by atoms with van der Waals surface area (Å²) in [5, 5.41) is 1.04. The van der Waals surface area contributed by atoms with E-state index in [0.29, 0.717) is 0 Å². The third-order valence-corrected chi connectivity index (χ3v) is 4.35. The van der Waals surface area contributed by atoms with Crippen molar-refractivity contribution in [2.45, 2.75) is 19.3 Å². The average Bonchev–Trinajstić information content (AvgIpc) is 2.61. The van der Waals surface area contributed by atoms with Gasteiger partial charge in [0.2, 0.25) is 0 Å². The molecule has 0 atom stereocenters. The van der Waals surface area contributed by atoms with Gasteiger partial charge in [-0.2, -0.15) is 0 Å². The Morgan fingerprint density at radius 1 is 0.957 bits per heavy atom. The Labute approximate surface area is 134 Å². The van der Waals surface area contributed by atoms with Crippen LogP contribution in [0.25, 0.3) is 22.2 Å². The second kappa shape index (κ2) is 5.95. The Morgan fingerprint density at radius 3 is 2.65 bits per heavy atom. The van der Waals surface area contributed by atoms with E-state index in [1.165, 1.54) is 31.4 Å². The first-order valence-corrected chi connectivity index (χ1v) is 8.08. The van der Waals surface area contributed by atoms with Gasteiger partial charge in [-0.05, 0) is 43.5 Å². The zero-order valence-corrected chi connectivity index (χ0v) is 12.9. The summed E-state index contributed by atoms with van der Waals surface area (Å²) in [6.45, 7) is 2.06. The van der Waals surface area contributed by atoms with Gasteiger partial charge in [-0.1, -0.05) is 18.2 Å². The molecular formula is C19H18FN3. The number of aromatic nitrogens is 2. The smallest absolute Gasteiger partial charge is 0.129 e. The molecule has 4 rings (SSSR count). The molecule has 0 saturated carbocycles. The summed E-state index contributed by atoms with van der Waals surface area (Å²) in [6.07, 6.45) is 5.43. The number of hydrogen-bond donors (Lipinski definition) is 0. The molecule has 1 aliphatic rings. The number of pyridine rings is 2. The number of fused-ring (bicyclic) bond motifs is 1. The molecule has 1 aliphatic heterocycles. The Bertz CT molecular complexity index is 841. The number of rotatable bonds is 2. The molecule has 0 bridgehead atoms. The van der Waals surface area contributed by atoms with Gasteiger partial charge in [0.15, 0.2) is 0 Å². The van der Waals surface area contributed by atoms with Gasteiger partial charge in [-0.15, -0.1) is 0 Å². The lowest BCUT2D eigenvalue weighted by atomic mass is 10.1. The van der Waals surface area contributed by atoms with Crippen molar-refractivity contribution in [3.05, 3.63) is 54.5 Å². The first-order chi connectivity index (χ1) is 11.3. The van der Waals surface area contributed by atoms with Crippen molar-refractivity contribution in [2.75, 3.05) is 18.0 Å². The lowest BCUT2D eigenvalue weighted by molar-refractivity contribution is 0.574. The Hall–Kier alpha value is -2.49. The molecule has 3 aromatic rings. The highest BCUT2D eigenvalue weighted by molar-refractivity contribution is 5.93. The van der Waals surface area contributed by atoms with Crippen molar-refractivity contribution < 1.29 is 4.39 Å². The lowest BCUT2D eigenvalue weighted by Crippen LogP contribution is -2.30. The molecule has 0 amide bonds. The molecule has 23 heavy (non-hydrogen) atoms. The van der Waals surface area contributed by atoms with Gasteiger partial charge in [-0.25, -0.2) is 9.37 Å². The van der Waals surface area contributed by atoms with Crippen molar-refractivity contribution in [2.24, 2.45) is 0 Å². The van der Waals surface area contributed by atoms with E-state index < -0.39 is 0 Å². The molecule has 0 unspecified atom stereocenters. The quantitative estimate of drug-likeness (QED) is 0.701. The molecule has 0 N–H and O–H groups in total. The molecule has 0 radical (unpaired) electrons. The van der Waals surface area contributed by atoms with Crippen molar-refractivity contribution in [3.8, 4) is 11.3 Å². The second-order valence-electron chi connectivity index (χ2n) is 5.96. The zero-order valence-electron chi connectivity index (χ0n) is 12.9. The van der Waals surface area contributed by atoms with E-state index >= 15 is 0 Å². The van der Waals surface area contributed by atoms with Crippen molar-refractivity contribution in [3.63, 3.8) is 0 Å². The lowest BCUT2D eigenvalue weighted by Gasteiger charge is -2.28. The molecule has 1 fully saturated rings. The van der Waals surface area contributed by atoms with Gasteiger partial charge >= 0.3 is 0 Å². The maximum atomic E-state index is 13.6. The predicted molar refractivity (Wildman–Crippen MR) is 91.0 cm³/mol. The molecule has 0 spiro atoms. The molecule has 0 aliphatic carbocycles. The monoisotopic (exact) mass is 307 g/mol. The topological polar surface area (TPSA) is 29.0 Å². The molecule has 1 aromatic carbocycles. The normalized spacial score (nSPS) is 15.1. The van der Waals surface area contributed by atoms with Gasteiger partial charge in [0.1, 0.15) is 11.6 Å². The minimum Gasteiger partial charge on any atom is -0.357 e. The van der Waals surface area contributed by atoms with Crippen LogP contribution in [-0.4, -0.2) is 23.1 Å². The van der Waals surface area contributed by atoms with Crippen LogP contribution in [0.15, 0.2) is 48.7 Å². The van der Waals surface area contributed by atoms with Gasteiger partial charge < -0.3 is 4.90 Å². The highest BCUT2D eigenvalue weighted by Crippen LogP contribution is 2.30. The van der Waals surface area contributed by atoms with Crippen LogP contribution in [0.1, 0.15) is 19.3 Å². The fourth-order valence-corrected chi connectivity index (χ4v) is 3.19. The summed E-state index contributed by atoms with van der Waals surface area (Å²) < 4.78 is 13.6. The minimum atomic E-state index is -0.253. The first-order valence-electron chi connectivity index (χ1n) is 8.08. The van der Waals surface area contributed by atoms with Gasteiger partial charge in [0.05, 0.1) is 11.2 Å². The molecule has 3 nitrogen and oxygen atoms in total. The maximum absolute atomic E-state index is 13.6. The Morgan fingerprint density at radius 2 is 1.83 bits per heavy atom. The van der Waals surface area contributed by atoms with Crippen LogP contribution in [0, 0.1) is 5.82 Å². The highest BCUT2D eigenvalue weighted by atomic mass is 19.1. The SMILES string of the molecule is Fc1cccc(-c2nc(N3CCCCC3)cc3cccnc23)c1. The summed E-state index contributed by atoms with van der Waals surface area (Å²) in [5.74, 6) is 0.709. The van der Waals surface area contributed by atoms with Crippen LogP contribution in [0.2, 0.25) is 0 Å². The Kier molecular flexibility index (Phi) is 3.66. The molecule has 1 saturated heterocycles. The summed E-state index contributed by atoms with van der Waals surface area (Å²) in [5.41, 5.74) is 2.34. The van der Waals surface area contributed by atoms with Gasteiger partial charge in [0.25, 0.3) is 0 Å². The number of halogens is 1. The van der Waals surface area contributed by atoms with Crippen LogP contribution in [-0.2, 0) is 0 Å². The molecule has 3 heterocycles. The zero-order chi connectivity index (χ0) is 15.6. The summed E-state index contributed by atoms with van der Waals surface area (Å²) in [4.78, 5) is 11.6. The van der Waals surface area contributed by atoms with E-state index in [-0.39, 0.29) is 5.82 Å². The van der Waals surface area contributed by atoms with E-state index in [4.69, 9.17) is 4.98 Å². The summed E-state index contributed by atoms with van der Waals surface area (Å²) >= 11 is 0. The number of nitrogens with zero attached hydrogens (tertiary/aromatic N) is 3. The molecule has 116 valence electrons. The molecular weight excluding hydrogens is 289 g/mol. The van der Waals surface area contributed by atoms with Gasteiger partial charge in [0, 0.05) is 30.2 Å². The second-order valence-corrected chi connectivity index (χ2v) is 5.96. The van der Waals surface area contributed by atoms with Crippen LogP contribution < -0.4 is 4.90 Å². The highest BCUT2D eigenvalue weighted by Gasteiger charge is 2.16. The average molecular weight is 307 g/mol. The largest absolute Gasteiger partial charge is 0.357 e. The van der Waals surface area contributed by atoms with E-state index in [1.54, 1.807) is 12.3 Å². The van der Waals surface area contributed by atoms with Crippen molar-refractivity contribution in [1.82, 2.24) is 9.97 Å². The Balaban J connectivity index is 1.90.